The van der Waals surface area contributed by atoms with Gasteiger partial charge in [-0.25, -0.2) is 4.99 Å². The summed E-state index contributed by atoms with van der Waals surface area (Å²) in [6, 6.07) is 49.1. The van der Waals surface area contributed by atoms with Gasteiger partial charge in [0.05, 0.1) is 11.8 Å². The van der Waals surface area contributed by atoms with Crippen LogP contribution in [0, 0.1) is 11.8 Å². The van der Waals surface area contributed by atoms with Crippen molar-refractivity contribution in [1.29, 1.82) is 0 Å². The van der Waals surface area contributed by atoms with Crippen LogP contribution >= 0.6 is 0 Å². The SMILES string of the molecule is CC1C=CC2=C(C1)C1(c3ccc(C4=NC(c5cc6ccccc6c6ccccc56)CC(c5cc6ccccc6c6ccccc56)=N4)cc3)CC1C=C2. The molecule has 0 aromatic heterocycles. The van der Waals surface area contributed by atoms with Gasteiger partial charge in [-0.2, -0.15) is 0 Å². The molecule has 7 aromatic carbocycles. The van der Waals surface area contributed by atoms with E-state index in [9.17, 15) is 0 Å². The van der Waals surface area contributed by atoms with Gasteiger partial charge >= 0.3 is 0 Å². The van der Waals surface area contributed by atoms with Crippen molar-refractivity contribution in [3.8, 4) is 0 Å². The minimum absolute atomic E-state index is 0.0833. The lowest BCUT2D eigenvalue weighted by Gasteiger charge is -2.30. The Balaban J connectivity index is 1.08. The molecule has 1 heterocycles. The topological polar surface area (TPSA) is 24.7 Å². The highest BCUT2D eigenvalue weighted by molar-refractivity contribution is 6.23. The zero-order valence-electron chi connectivity index (χ0n) is 29.3. The third-order valence-electron chi connectivity index (χ3n) is 12.3. The number of benzene rings is 7. The van der Waals surface area contributed by atoms with Crippen LogP contribution in [0.4, 0.5) is 0 Å². The first-order valence-corrected chi connectivity index (χ1v) is 18.8. The number of aliphatic imine (C=N–C) groups is 2. The van der Waals surface area contributed by atoms with Crippen molar-refractivity contribution in [3.05, 3.63) is 191 Å². The van der Waals surface area contributed by atoms with Gasteiger partial charge in [0.1, 0.15) is 0 Å². The molecule has 0 saturated heterocycles. The predicted molar refractivity (Wildman–Crippen MR) is 219 cm³/mol. The van der Waals surface area contributed by atoms with Crippen molar-refractivity contribution in [2.75, 3.05) is 0 Å². The molecule has 1 fully saturated rings. The summed E-state index contributed by atoms with van der Waals surface area (Å²) in [7, 11) is 0. The molecule has 0 spiro atoms. The fourth-order valence-corrected chi connectivity index (χ4v) is 9.70. The molecule has 248 valence electrons. The molecule has 0 amide bonds. The van der Waals surface area contributed by atoms with E-state index >= 15 is 0 Å². The first-order chi connectivity index (χ1) is 25.6. The van der Waals surface area contributed by atoms with Crippen LogP contribution in [0.3, 0.4) is 0 Å². The number of fused-ring (bicyclic) bond motifs is 8. The van der Waals surface area contributed by atoms with Gasteiger partial charge < -0.3 is 0 Å². The second kappa shape index (κ2) is 11.3. The average molecular weight is 667 g/mol. The number of allylic oxidation sites excluding steroid dienone is 6. The second-order valence-corrected chi connectivity index (χ2v) is 15.3. The number of rotatable bonds is 4. The Labute approximate surface area is 304 Å². The Kier molecular flexibility index (Phi) is 6.49. The van der Waals surface area contributed by atoms with E-state index in [2.05, 4.69) is 165 Å². The van der Waals surface area contributed by atoms with Crippen molar-refractivity contribution < 1.29 is 0 Å². The maximum absolute atomic E-state index is 5.54. The molecule has 4 atom stereocenters. The molecule has 2 nitrogen and oxygen atoms in total. The van der Waals surface area contributed by atoms with Crippen molar-refractivity contribution in [3.63, 3.8) is 0 Å². The average Bonchev–Trinajstić information content (AvgIpc) is 3.97. The lowest BCUT2D eigenvalue weighted by atomic mass is 9.74. The monoisotopic (exact) mass is 666 g/mol. The number of amidine groups is 1. The molecular weight excluding hydrogens is 629 g/mol. The van der Waals surface area contributed by atoms with Crippen LogP contribution in [-0.2, 0) is 5.41 Å². The summed E-state index contributed by atoms with van der Waals surface area (Å²) in [6.45, 7) is 2.34. The minimum Gasteiger partial charge on any atom is -0.258 e. The van der Waals surface area contributed by atoms with E-state index in [1.165, 1.54) is 71.8 Å². The van der Waals surface area contributed by atoms with Crippen LogP contribution in [0.15, 0.2) is 179 Å². The molecular formula is C50H38N2. The highest BCUT2D eigenvalue weighted by Crippen LogP contribution is 2.64. The van der Waals surface area contributed by atoms with Crippen molar-refractivity contribution in [2.45, 2.75) is 37.6 Å². The molecule has 0 N–H and O–H groups in total. The first kappa shape index (κ1) is 29.8. The normalized spacial score (nSPS) is 23.5. The molecule has 0 bridgehead atoms. The summed E-state index contributed by atoms with van der Waals surface area (Å²) in [5, 5.41) is 10.1. The zero-order valence-corrected chi connectivity index (χ0v) is 29.3. The van der Waals surface area contributed by atoms with Gasteiger partial charge in [-0.05, 0) is 96.6 Å². The van der Waals surface area contributed by atoms with Gasteiger partial charge in [0.25, 0.3) is 0 Å². The Hall–Kier alpha value is -5.86. The van der Waals surface area contributed by atoms with Crippen molar-refractivity contribution in [1.82, 2.24) is 0 Å². The van der Waals surface area contributed by atoms with Crippen LogP contribution in [0.2, 0.25) is 0 Å². The summed E-state index contributed by atoms with van der Waals surface area (Å²) in [4.78, 5) is 11.0. The Morgan fingerprint density at radius 1 is 0.596 bits per heavy atom. The Bertz CT molecular complexity index is 2790. The minimum atomic E-state index is -0.0833. The smallest absolute Gasteiger partial charge is 0.155 e. The van der Waals surface area contributed by atoms with Crippen LogP contribution in [0.25, 0.3) is 43.1 Å². The van der Waals surface area contributed by atoms with Gasteiger partial charge in [-0.15, -0.1) is 0 Å². The van der Waals surface area contributed by atoms with E-state index < -0.39 is 0 Å². The molecule has 11 rings (SSSR count). The van der Waals surface area contributed by atoms with Gasteiger partial charge in [-0.1, -0.05) is 158 Å². The van der Waals surface area contributed by atoms with Crippen LogP contribution < -0.4 is 0 Å². The fraction of sp³-hybridized carbons (Fsp3) is 0.160. The highest BCUT2D eigenvalue weighted by atomic mass is 15.0. The van der Waals surface area contributed by atoms with Crippen LogP contribution in [-0.4, -0.2) is 11.5 Å². The molecule has 52 heavy (non-hydrogen) atoms. The molecule has 7 aromatic rings. The largest absolute Gasteiger partial charge is 0.258 e. The fourth-order valence-electron chi connectivity index (χ4n) is 9.70. The van der Waals surface area contributed by atoms with Gasteiger partial charge in [0.2, 0.25) is 0 Å². The molecule has 0 radical (unpaired) electrons. The van der Waals surface area contributed by atoms with Crippen LogP contribution in [0.1, 0.15) is 54.5 Å². The Morgan fingerprint density at radius 2 is 1.21 bits per heavy atom. The van der Waals surface area contributed by atoms with E-state index in [1.54, 1.807) is 5.57 Å². The molecule has 4 unspecified atom stereocenters. The number of hydrogen-bond acceptors (Lipinski definition) is 2. The third-order valence-corrected chi connectivity index (χ3v) is 12.3. The first-order valence-electron chi connectivity index (χ1n) is 18.8. The zero-order chi connectivity index (χ0) is 34.4. The summed E-state index contributed by atoms with van der Waals surface area (Å²) in [5.41, 5.74) is 9.25. The highest BCUT2D eigenvalue weighted by Gasteiger charge is 2.58. The summed E-state index contributed by atoms with van der Waals surface area (Å²) < 4.78 is 0. The molecule has 1 saturated carbocycles. The lowest BCUT2D eigenvalue weighted by molar-refractivity contribution is 0.613. The van der Waals surface area contributed by atoms with E-state index in [1.807, 2.05) is 0 Å². The lowest BCUT2D eigenvalue weighted by Crippen LogP contribution is -2.21. The summed E-state index contributed by atoms with van der Waals surface area (Å²) >= 11 is 0. The third kappa shape index (κ3) is 4.50. The van der Waals surface area contributed by atoms with Crippen LogP contribution in [0.5, 0.6) is 0 Å². The van der Waals surface area contributed by atoms with E-state index in [-0.39, 0.29) is 11.5 Å². The van der Waals surface area contributed by atoms with Crippen molar-refractivity contribution >= 4 is 54.6 Å². The quantitative estimate of drug-likeness (QED) is 0.167. The van der Waals surface area contributed by atoms with Gasteiger partial charge in [0, 0.05) is 23.0 Å². The van der Waals surface area contributed by atoms with E-state index in [4.69, 9.17) is 9.98 Å². The van der Waals surface area contributed by atoms with E-state index in [0.29, 0.717) is 11.8 Å². The van der Waals surface area contributed by atoms with E-state index in [0.717, 1.165) is 30.0 Å². The van der Waals surface area contributed by atoms with Crippen molar-refractivity contribution in [2.24, 2.45) is 21.8 Å². The number of nitrogens with zero attached hydrogens (tertiary/aromatic N) is 2. The molecule has 2 heteroatoms. The van der Waals surface area contributed by atoms with Gasteiger partial charge in [0.15, 0.2) is 5.84 Å². The predicted octanol–water partition coefficient (Wildman–Crippen LogP) is 12.4. The summed E-state index contributed by atoms with van der Waals surface area (Å²) in [6.07, 6.45) is 12.6. The molecule has 4 aliphatic rings. The number of hydrogen-bond donors (Lipinski definition) is 0. The van der Waals surface area contributed by atoms with Gasteiger partial charge in [-0.3, -0.25) is 4.99 Å². The molecule has 1 aliphatic heterocycles. The Morgan fingerprint density at radius 3 is 1.96 bits per heavy atom. The summed E-state index contributed by atoms with van der Waals surface area (Å²) in [5.74, 6) is 2.00. The maximum Gasteiger partial charge on any atom is 0.155 e. The molecule has 3 aliphatic carbocycles. The maximum atomic E-state index is 5.54. The second-order valence-electron chi connectivity index (χ2n) is 15.3. The standard InChI is InChI=1S/C50H38N2/c1-31-18-19-32-20-25-37-30-50(37,46(32)26-31)36-23-21-33(22-24-36)49-51-47(44-27-34-10-2-4-12-38(34)40-14-6-8-16-42(40)44)29-48(52-49)45-28-35-11-3-5-13-39(35)41-15-7-9-17-43(41)45/h2-25,27-28,31,37,47H,26,29-30H2,1H3.